The van der Waals surface area contributed by atoms with Crippen LogP contribution in [0.5, 0.6) is 11.5 Å². The molecule has 2 nitrogen and oxygen atoms in total. The van der Waals surface area contributed by atoms with Gasteiger partial charge < -0.3 is 10.2 Å². The average molecular weight is 314 g/mol. The van der Waals surface area contributed by atoms with E-state index in [1.807, 2.05) is 24.3 Å². The van der Waals surface area contributed by atoms with Gasteiger partial charge in [0.1, 0.15) is 11.5 Å². The minimum atomic E-state index is 0.257. The summed E-state index contributed by atoms with van der Waals surface area (Å²) in [5.41, 5.74) is 2.03. The Labute approximate surface area is 141 Å². The molecule has 0 amide bonds. The lowest BCUT2D eigenvalue weighted by molar-refractivity contribution is 0.474. The Bertz CT molecular complexity index is 801. The van der Waals surface area contributed by atoms with Gasteiger partial charge in [0.2, 0.25) is 0 Å². The summed E-state index contributed by atoms with van der Waals surface area (Å²) in [7, 11) is 0. The summed E-state index contributed by atoms with van der Waals surface area (Å²) in [5, 5.41) is 20.8. The van der Waals surface area contributed by atoms with Crippen LogP contribution < -0.4 is 0 Å². The molecule has 0 aliphatic heterocycles. The highest BCUT2D eigenvalue weighted by molar-refractivity contribution is 5.82. The first-order chi connectivity index (χ1) is 11.7. The number of benzene rings is 4. The molecule has 2 heteroatoms. The van der Waals surface area contributed by atoms with Gasteiger partial charge in [-0.05, 0) is 46.2 Å². The predicted octanol–water partition coefficient (Wildman–Crippen LogP) is 5.60. The topological polar surface area (TPSA) is 40.5 Å². The normalized spacial score (nSPS) is 10.0. The maximum Gasteiger partial charge on any atom is 0.115 e. The van der Waals surface area contributed by atoms with E-state index in [1.54, 1.807) is 24.3 Å². The molecule has 0 atom stereocenters. The molecule has 0 radical (unpaired) electrons. The van der Waals surface area contributed by atoms with Gasteiger partial charge >= 0.3 is 0 Å². The summed E-state index contributed by atoms with van der Waals surface area (Å²) in [5.74, 6) is 0.514. The third kappa shape index (κ3) is 3.93. The summed E-state index contributed by atoms with van der Waals surface area (Å²) in [4.78, 5) is 0. The third-order valence-corrected chi connectivity index (χ3v) is 3.73. The minimum Gasteiger partial charge on any atom is -0.508 e. The van der Waals surface area contributed by atoms with Gasteiger partial charge in [0, 0.05) is 0 Å². The van der Waals surface area contributed by atoms with Crippen molar-refractivity contribution in [1.82, 2.24) is 0 Å². The van der Waals surface area contributed by atoms with Crippen molar-refractivity contribution < 1.29 is 10.2 Å². The monoisotopic (exact) mass is 314 g/mol. The second-order valence-electron chi connectivity index (χ2n) is 5.44. The number of rotatable bonds is 1. The number of aromatic hydroxyl groups is 2. The van der Waals surface area contributed by atoms with Crippen LogP contribution in [0.3, 0.4) is 0 Å². The van der Waals surface area contributed by atoms with Gasteiger partial charge in [0.05, 0.1) is 0 Å². The van der Waals surface area contributed by atoms with E-state index in [1.165, 1.54) is 10.8 Å². The number of phenolic OH excluding ortho intramolecular Hbond substituents is 2. The Kier molecular flexibility index (Phi) is 4.78. The first-order valence-electron chi connectivity index (χ1n) is 7.74. The van der Waals surface area contributed by atoms with E-state index in [4.69, 9.17) is 10.2 Å². The van der Waals surface area contributed by atoms with Gasteiger partial charge in [0.15, 0.2) is 0 Å². The van der Waals surface area contributed by atoms with Crippen molar-refractivity contribution in [2.24, 2.45) is 0 Å². The highest BCUT2D eigenvalue weighted by Gasteiger charge is 1.97. The Balaban J connectivity index is 0.000000149. The molecule has 24 heavy (non-hydrogen) atoms. The van der Waals surface area contributed by atoms with Gasteiger partial charge in [-0.15, -0.1) is 0 Å². The zero-order chi connectivity index (χ0) is 16.8. The minimum absolute atomic E-state index is 0.257. The van der Waals surface area contributed by atoms with Crippen LogP contribution in [-0.2, 0) is 0 Å². The van der Waals surface area contributed by atoms with Gasteiger partial charge in [-0.25, -0.2) is 0 Å². The molecule has 4 rings (SSSR count). The van der Waals surface area contributed by atoms with Crippen molar-refractivity contribution in [1.29, 1.82) is 0 Å². The van der Waals surface area contributed by atoms with E-state index in [2.05, 4.69) is 48.5 Å². The van der Waals surface area contributed by atoms with Gasteiger partial charge in [-0.2, -0.15) is 0 Å². The van der Waals surface area contributed by atoms with Crippen molar-refractivity contribution in [3.05, 3.63) is 97.1 Å². The molecular formula is C22H18O2. The third-order valence-electron chi connectivity index (χ3n) is 3.73. The smallest absolute Gasteiger partial charge is 0.115 e. The van der Waals surface area contributed by atoms with Crippen molar-refractivity contribution in [2.45, 2.75) is 0 Å². The second-order valence-corrected chi connectivity index (χ2v) is 5.44. The van der Waals surface area contributed by atoms with Crippen LogP contribution in [0.25, 0.3) is 21.9 Å². The van der Waals surface area contributed by atoms with Crippen LogP contribution in [0.2, 0.25) is 0 Å². The zero-order valence-corrected chi connectivity index (χ0v) is 13.1. The number of fused-ring (bicyclic) bond motifs is 1. The molecule has 0 aliphatic rings. The molecule has 0 aromatic heterocycles. The largest absolute Gasteiger partial charge is 0.508 e. The first-order valence-corrected chi connectivity index (χ1v) is 7.74. The SMILES string of the molecule is Oc1ccc(-c2ccc(O)cc2)cc1.c1ccc2ccccc2c1. The van der Waals surface area contributed by atoms with E-state index in [-0.39, 0.29) is 11.5 Å². The van der Waals surface area contributed by atoms with Gasteiger partial charge in [-0.3, -0.25) is 0 Å². The quantitative estimate of drug-likeness (QED) is 0.480. The fraction of sp³-hybridized carbons (Fsp3) is 0. The van der Waals surface area contributed by atoms with Crippen LogP contribution in [0.15, 0.2) is 97.1 Å². The highest BCUT2D eigenvalue weighted by Crippen LogP contribution is 2.23. The molecule has 4 aromatic carbocycles. The fourth-order valence-corrected chi connectivity index (χ4v) is 2.44. The molecule has 0 fully saturated rings. The van der Waals surface area contributed by atoms with Crippen molar-refractivity contribution in [3.8, 4) is 22.6 Å². The molecule has 0 bridgehead atoms. The zero-order valence-electron chi connectivity index (χ0n) is 13.1. The van der Waals surface area contributed by atoms with E-state index >= 15 is 0 Å². The molecule has 0 heterocycles. The van der Waals surface area contributed by atoms with Crippen LogP contribution in [-0.4, -0.2) is 10.2 Å². The van der Waals surface area contributed by atoms with Gasteiger partial charge in [0.25, 0.3) is 0 Å². The Morgan fingerprint density at radius 1 is 0.375 bits per heavy atom. The summed E-state index contributed by atoms with van der Waals surface area (Å²) >= 11 is 0. The number of phenols is 2. The van der Waals surface area contributed by atoms with E-state index in [0.717, 1.165) is 11.1 Å². The maximum absolute atomic E-state index is 9.11. The van der Waals surface area contributed by atoms with E-state index in [0.29, 0.717) is 0 Å². The molecule has 0 saturated heterocycles. The van der Waals surface area contributed by atoms with E-state index < -0.39 is 0 Å². The molecule has 4 aromatic rings. The predicted molar refractivity (Wildman–Crippen MR) is 99.2 cm³/mol. The van der Waals surface area contributed by atoms with Gasteiger partial charge in [-0.1, -0.05) is 72.8 Å². The molecule has 0 aliphatic carbocycles. The summed E-state index contributed by atoms with van der Waals surface area (Å²) in [6.07, 6.45) is 0. The van der Waals surface area contributed by atoms with Crippen LogP contribution in [0.4, 0.5) is 0 Å². The summed E-state index contributed by atoms with van der Waals surface area (Å²) in [6.45, 7) is 0. The van der Waals surface area contributed by atoms with Crippen molar-refractivity contribution >= 4 is 10.8 Å². The van der Waals surface area contributed by atoms with E-state index in [9.17, 15) is 0 Å². The molecule has 118 valence electrons. The maximum atomic E-state index is 9.11. The van der Waals surface area contributed by atoms with Crippen LogP contribution in [0, 0.1) is 0 Å². The van der Waals surface area contributed by atoms with Crippen molar-refractivity contribution in [3.63, 3.8) is 0 Å². The molecular weight excluding hydrogens is 296 g/mol. The second kappa shape index (κ2) is 7.34. The number of hydrogen-bond donors (Lipinski definition) is 2. The summed E-state index contributed by atoms with van der Waals surface area (Å²) in [6, 6.07) is 30.6. The lowest BCUT2D eigenvalue weighted by atomic mass is 10.1. The lowest BCUT2D eigenvalue weighted by Crippen LogP contribution is -1.75. The lowest BCUT2D eigenvalue weighted by Gasteiger charge is -2.01. The molecule has 2 N–H and O–H groups in total. The summed E-state index contributed by atoms with van der Waals surface area (Å²) < 4.78 is 0. The Morgan fingerprint density at radius 2 is 0.667 bits per heavy atom. The number of hydrogen-bond acceptors (Lipinski definition) is 2. The van der Waals surface area contributed by atoms with Crippen molar-refractivity contribution in [2.75, 3.05) is 0 Å². The Morgan fingerprint density at radius 3 is 0.958 bits per heavy atom. The standard InChI is InChI=1S/C12H10O2.C10H8/c13-11-5-1-9(2-6-11)10-3-7-12(14)8-4-10;1-2-6-10-8-4-3-7-9(10)5-1/h1-8,13-14H;1-8H. The molecule has 0 saturated carbocycles. The highest BCUT2D eigenvalue weighted by atomic mass is 16.3. The fourth-order valence-electron chi connectivity index (χ4n) is 2.44. The Hall–Kier alpha value is -3.26. The average Bonchev–Trinajstić information content (AvgIpc) is 2.64. The van der Waals surface area contributed by atoms with Crippen LogP contribution in [0.1, 0.15) is 0 Å². The molecule has 0 spiro atoms. The first kappa shape index (κ1) is 15.6. The molecule has 0 unspecified atom stereocenters. The van der Waals surface area contributed by atoms with Crippen LogP contribution >= 0.6 is 0 Å².